The van der Waals surface area contributed by atoms with Crippen molar-refractivity contribution >= 4 is 26.0 Å². The van der Waals surface area contributed by atoms with Crippen molar-refractivity contribution in [3.05, 3.63) is 34.3 Å². The van der Waals surface area contributed by atoms with E-state index in [4.69, 9.17) is 0 Å². The van der Waals surface area contributed by atoms with Crippen LogP contribution in [-0.2, 0) is 16.4 Å². The molecule has 0 saturated heterocycles. The topological polar surface area (TPSA) is 58.2 Å². The van der Waals surface area contributed by atoms with E-state index in [9.17, 15) is 8.42 Å². The van der Waals surface area contributed by atoms with Crippen LogP contribution in [0.4, 0.5) is 0 Å². The van der Waals surface area contributed by atoms with Gasteiger partial charge in [-0.2, -0.15) is 0 Å². The third-order valence-corrected chi connectivity index (χ3v) is 3.92. The summed E-state index contributed by atoms with van der Waals surface area (Å²) >= 11 is 3.42. The van der Waals surface area contributed by atoms with Gasteiger partial charge in [-0.1, -0.05) is 28.1 Å². The van der Waals surface area contributed by atoms with Gasteiger partial charge in [0.2, 0.25) is 10.0 Å². The summed E-state index contributed by atoms with van der Waals surface area (Å²) < 4.78 is 25.3. The highest BCUT2D eigenvalue weighted by molar-refractivity contribution is 9.10. The van der Waals surface area contributed by atoms with Crippen molar-refractivity contribution in [1.82, 2.24) is 10.0 Å². The first kappa shape index (κ1) is 16.6. The average Bonchev–Trinajstić information content (AvgIpc) is 2.30. The van der Waals surface area contributed by atoms with E-state index in [0.29, 0.717) is 12.6 Å². The average molecular weight is 349 g/mol. The minimum Gasteiger partial charge on any atom is -0.314 e. The number of sulfonamides is 1. The molecule has 6 heteroatoms. The van der Waals surface area contributed by atoms with E-state index >= 15 is 0 Å². The molecule has 108 valence electrons. The highest BCUT2D eigenvalue weighted by Crippen LogP contribution is 2.11. The van der Waals surface area contributed by atoms with Crippen molar-refractivity contribution in [3.8, 4) is 0 Å². The Kier molecular flexibility index (Phi) is 6.99. The zero-order chi connectivity index (χ0) is 14.3. The van der Waals surface area contributed by atoms with Crippen LogP contribution >= 0.6 is 15.9 Å². The fraction of sp³-hybridized carbons (Fsp3) is 0.538. The molecule has 1 aromatic rings. The van der Waals surface area contributed by atoms with Gasteiger partial charge in [-0.15, -0.1) is 0 Å². The molecule has 1 atom stereocenters. The van der Waals surface area contributed by atoms with Gasteiger partial charge in [0.15, 0.2) is 0 Å². The van der Waals surface area contributed by atoms with Crippen LogP contribution in [0.15, 0.2) is 28.7 Å². The maximum absolute atomic E-state index is 10.9. The van der Waals surface area contributed by atoms with Gasteiger partial charge in [-0.25, -0.2) is 13.1 Å². The Morgan fingerprint density at radius 2 is 1.84 bits per heavy atom. The van der Waals surface area contributed by atoms with Crippen LogP contribution in [0.25, 0.3) is 0 Å². The lowest BCUT2D eigenvalue weighted by Crippen LogP contribution is -2.31. The molecule has 2 N–H and O–H groups in total. The molecule has 0 aliphatic carbocycles. The summed E-state index contributed by atoms with van der Waals surface area (Å²) in [6, 6.07) is 8.66. The van der Waals surface area contributed by atoms with Gasteiger partial charge in [-0.05, 0) is 44.0 Å². The minimum atomic E-state index is -3.06. The molecule has 0 aliphatic rings. The maximum Gasteiger partial charge on any atom is 0.208 e. The fourth-order valence-electron chi connectivity index (χ4n) is 1.74. The summed E-state index contributed by atoms with van der Waals surface area (Å²) in [4.78, 5) is 0. The zero-order valence-electron chi connectivity index (χ0n) is 11.3. The number of hydrogen-bond donors (Lipinski definition) is 2. The lowest BCUT2D eigenvalue weighted by atomic mass is 10.1. The number of rotatable bonds is 8. The summed E-state index contributed by atoms with van der Waals surface area (Å²) in [7, 11) is -3.06. The normalized spacial score (nSPS) is 13.4. The van der Waals surface area contributed by atoms with Crippen molar-refractivity contribution in [2.75, 3.05) is 19.3 Å². The first-order valence-corrected chi connectivity index (χ1v) is 8.98. The number of hydrogen-bond acceptors (Lipinski definition) is 3. The van der Waals surface area contributed by atoms with Crippen molar-refractivity contribution in [3.63, 3.8) is 0 Å². The van der Waals surface area contributed by atoms with E-state index in [1.807, 2.05) is 12.1 Å². The van der Waals surface area contributed by atoms with Crippen LogP contribution in [0.5, 0.6) is 0 Å². The molecule has 0 amide bonds. The third-order valence-electron chi connectivity index (χ3n) is 2.67. The van der Waals surface area contributed by atoms with E-state index in [1.54, 1.807) is 0 Å². The SMILES string of the molecule is CC(Cc1ccc(Br)cc1)NCCCNS(C)(=O)=O. The van der Waals surface area contributed by atoms with Gasteiger partial charge in [0.05, 0.1) is 6.26 Å². The second-order valence-corrected chi connectivity index (χ2v) is 7.45. The fourth-order valence-corrected chi connectivity index (χ4v) is 2.52. The molecule has 0 heterocycles. The highest BCUT2D eigenvalue weighted by atomic mass is 79.9. The molecule has 1 unspecified atom stereocenters. The van der Waals surface area contributed by atoms with Crippen LogP contribution in [0.1, 0.15) is 18.9 Å². The Balaban J connectivity index is 2.18. The van der Waals surface area contributed by atoms with Gasteiger partial charge in [0.25, 0.3) is 0 Å². The molecule has 1 rings (SSSR count). The van der Waals surface area contributed by atoms with Gasteiger partial charge in [-0.3, -0.25) is 0 Å². The summed E-state index contributed by atoms with van der Waals surface area (Å²) in [5, 5.41) is 3.39. The van der Waals surface area contributed by atoms with Gasteiger partial charge in [0.1, 0.15) is 0 Å². The lowest BCUT2D eigenvalue weighted by Gasteiger charge is -2.14. The van der Waals surface area contributed by atoms with E-state index in [0.717, 1.165) is 23.9 Å². The number of halogens is 1. The molecule has 19 heavy (non-hydrogen) atoms. The highest BCUT2D eigenvalue weighted by Gasteiger charge is 2.03. The second kappa shape index (κ2) is 7.99. The Morgan fingerprint density at radius 3 is 2.42 bits per heavy atom. The van der Waals surface area contributed by atoms with E-state index < -0.39 is 10.0 Å². The molecule has 0 saturated carbocycles. The van der Waals surface area contributed by atoms with E-state index in [2.05, 4.69) is 45.0 Å². The first-order chi connectivity index (χ1) is 8.87. The first-order valence-electron chi connectivity index (χ1n) is 6.29. The predicted molar refractivity (Wildman–Crippen MR) is 82.8 cm³/mol. The van der Waals surface area contributed by atoms with Gasteiger partial charge >= 0.3 is 0 Å². The Hall–Kier alpha value is -0.430. The molecular formula is C13H21BrN2O2S. The molecule has 1 aromatic carbocycles. The molecule has 0 radical (unpaired) electrons. The molecule has 4 nitrogen and oxygen atoms in total. The van der Waals surface area contributed by atoms with Crippen LogP contribution in [0.3, 0.4) is 0 Å². The number of nitrogens with one attached hydrogen (secondary N) is 2. The van der Waals surface area contributed by atoms with Crippen molar-refractivity contribution in [1.29, 1.82) is 0 Å². The molecule has 0 aliphatic heterocycles. The van der Waals surface area contributed by atoms with Gasteiger partial charge in [0, 0.05) is 17.1 Å². The van der Waals surface area contributed by atoms with Crippen LogP contribution < -0.4 is 10.0 Å². The Bertz CT molecular complexity index is 474. The number of benzene rings is 1. The van der Waals surface area contributed by atoms with Crippen molar-refractivity contribution in [2.45, 2.75) is 25.8 Å². The molecule has 0 aromatic heterocycles. The van der Waals surface area contributed by atoms with Crippen LogP contribution in [-0.4, -0.2) is 33.8 Å². The molecule has 0 spiro atoms. The molecule has 0 bridgehead atoms. The van der Waals surface area contributed by atoms with E-state index in [1.165, 1.54) is 11.8 Å². The maximum atomic E-state index is 10.9. The summed E-state index contributed by atoms with van der Waals surface area (Å²) in [5.41, 5.74) is 1.29. The summed E-state index contributed by atoms with van der Waals surface area (Å²) in [5.74, 6) is 0. The van der Waals surface area contributed by atoms with Gasteiger partial charge < -0.3 is 5.32 Å². The summed E-state index contributed by atoms with van der Waals surface area (Å²) in [6.45, 7) is 3.42. The smallest absolute Gasteiger partial charge is 0.208 e. The standard InChI is InChI=1S/C13H21BrN2O2S/c1-11(10-12-4-6-13(14)7-5-12)15-8-3-9-16-19(2,17)18/h4-7,11,15-16H,3,8-10H2,1-2H3. The zero-order valence-corrected chi connectivity index (χ0v) is 13.7. The van der Waals surface area contributed by atoms with Crippen molar-refractivity contribution in [2.24, 2.45) is 0 Å². The predicted octanol–water partition coefficient (Wildman–Crippen LogP) is 1.91. The quantitative estimate of drug-likeness (QED) is 0.705. The second-order valence-electron chi connectivity index (χ2n) is 4.71. The molecule has 0 fully saturated rings. The van der Waals surface area contributed by atoms with Crippen LogP contribution in [0.2, 0.25) is 0 Å². The lowest BCUT2D eigenvalue weighted by molar-refractivity contribution is 0.529. The van der Waals surface area contributed by atoms with Crippen molar-refractivity contribution < 1.29 is 8.42 Å². The van der Waals surface area contributed by atoms with E-state index in [-0.39, 0.29) is 0 Å². The third kappa shape index (κ3) is 8.36. The summed E-state index contributed by atoms with van der Waals surface area (Å²) in [6.07, 6.45) is 2.93. The molecular weight excluding hydrogens is 328 g/mol. The largest absolute Gasteiger partial charge is 0.314 e. The van der Waals surface area contributed by atoms with Crippen LogP contribution in [0, 0.1) is 0 Å². The Labute approximate surface area is 124 Å². The Morgan fingerprint density at radius 1 is 1.21 bits per heavy atom. The monoisotopic (exact) mass is 348 g/mol. The minimum absolute atomic E-state index is 0.374.